The molecule has 22 valence electrons. The molecule has 0 aromatic heterocycles. The van der Waals surface area contributed by atoms with Crippen LogP contribution >= 0.6 is 23.2 Å². The maximum atomic E-state index is 5.11. The monoisotopic (exact) mass is 288 g/mol. The summed E-state index contributed by atoms with van der Waals surface area (Å²) in [5.74, 6) is 0. The Morgan fingerprint density at radius 3 is 1.50 bits per heavy atom. The molecule has 0 atom stereocenters. The molecule has 0 saturated heterocycles. The van der Waals surface area contributed by atoms with Crippen molar-refractivity contribution in [3.63, 3.8) is 0 Å². The number of hydrogen-bond donors (Lipinski definition) is 0. The molecule has 0 N–H and O–H groups in total. The fourth-order valence-electron chi connectivity index (χ4n) is 0. The van der Waals surface area contributed by atoms with Gasteiger partial charge >= 0.3 is 51.4 Å². The topological polar surface area (TPSA) is 0 Å². The van der Waals surface area contributed by atoms with Crippen LogP contribution in [0.2, 0.25) is 0 Å². The molecule has 0 rings (SSSR count). The zero-order chi connectivity index (χ0) is 3.58. The predicted octanol–water partition coefficient (Wildman–Crippen LogP) is 0.916. The third kappa shape index (κ3) is 9.72. The fourth-order valence-corrected chi connectivity index (χ4v) is 0. The Bertz CT molecular complexity index is 10.8. The van der Waals surface area contributed by atoms with Gasteiger partial charge < -0.3 is 0 Å². The molecule has 0 radical (unpaired) electrons. The van der Waals surface area contributed by atoms with Crippen LogP contribution in [0.25, 0.3) is 0 Å². The van der Waals surface area contributed by atoms with Crippen LogP contribution in [0.15, 0.2) is 0 Å². The molecule has 0 amide bonds. The number of halogens is 2. The number of rotatable bonds is 0. The van der Waals surface area contributed by atoms with E-state index < -0.39 is 0 Å². The Kier molecular flexibility index (Phi) is 3.75. The normalized spacial score (nSPS) is 8.50. The summed E-state index contributed by atoms with van der Waals surface area (Å²) in [4.78, 5) is 0. The molecule has 0 aliphatic heterocycles. The van der Waals surface area contributed by atoms with Crippen LogP contribution in [-0.4, -0.2) is 28.2 Å². The van der Waals surface area contributed by atoms with E-state index in [1.54, 1.807) is 0 Å². The van der Waals surface area contributed by atoms with E-state index >= 15 is 0 Å². The quantitative estimate of drug-likeness (QED) is 0.459. The van der Waals surface area contributed by atoms with Gasteiger partial charge in [0.2, 0.25) is 0 Å². The van der Waals surface area contributed by atoms with Crippen LogP contribution in [0.5, 0.6) is 0 Å². The molecule has 0 spiro atoms. The average Bonchev–Trinajstić information content (AvgIpc) is 0.811. The summed E-state index contributed by atoms with van der Waals surface area (Å²) in [5.41, 5.74) is 0. The van der Waals surface area contributed by atoms with Crippen molar-refractivity contribution in [2.24, 2.45) is 0 Å². The molecule has 0 fully saturated rings. The van der Waals surface area contributed by atoms with Crippen LogP contribution in [-0.2, 0) is 0 Å². The van der Waals surface area contributed by atoms with Gasteiger partial charge in [0.05, 0.1) is 0 Å². The molecule has 0 aromatic carbocycles. The van der Waals surface area contributed by atoms with Gasteiger partial charge in [0, 0.05) is 0 Å². The molecular formula is CHCl2Tl. The molecular weight excluding hydrogens is 287 g/mol. The molecule has 0 aliphatic carbocycles. The van der Waals surface area contributed by atoms with Gasteiger partial charge in [0.15, 0.2) is 0 Å². The van der Waals surface area contributed by atoms with Crippen molar-refractivity contribution in [1.82, 2.24) is 0 Å². The van der Waals surface area contributed by atoms with Gasteiger partial charge in [-0.05, 0) is 0 Å². The molecule has 3 heteroatoms. The van der Waals surface area contributed by atoms with Crippen LogP contribution in [0.1, 0.15) is 0 Å². The summed E-state index contributed by atoms with van der Waals surface area (Å²) in [6.07, 6.45) is 0. The first-order chi connectivity index (χ1) is 1.73. The Morgan fingerprint density at radius 2 is 1.50 bits per heavy atom. The second-order valence-electron chi connectivity index (χ2n) is 0.334. The second kappa shape index (κ2) is 2.72. The van der Waals surface area contributed by atoms with Gasteiger partial charge in [-0.15, -0.1) is 0 Å². The van der Waals surface area contributed by atoms with Crippen molar-refractivity contribution in [2.75, 3.05) is 0 Å². The Balaban J connectivity index is 2.32. The minimum absolute atomic E-state index is 0.0556. The van der Waals surface area contributed by atoms with Crippen LogP contribution < -0.4 is 0 Å². The van der Waals surface area contributed by atoms with Crippen molar-refractivity contribution >= 4 is 49.0 Å². The first kappa shape index (κ1) is 5.50. The van der Waals surface area contributed by atoms with E-state index in [0.717, 1.165) is 0 Å². The van der Waals surface area contributed by atoms with E-state index in [-0.39, 0.29) is 2.40 Å². The van der Waals surface area contributed by atoms with Crippen molar-refractivity contribution in [3.8, 4) is 0 Å². The summed E-state index contributed by atoms with van der Waals surface area (Å²) >= 11 is 10.9. The van der Waals surface area contributed by atoms with E-state index in [2.05, 4.69) is 0 Å². The zero-order valence-electron chi connectivity index (χ0n) is 1.91. The molecule has 0 aliphatic rings. The predicted molar refractivity (Wildman–Crippen MR) is 21.2 cm³/mol. The Morgan fingerprint density at radius 1 is 1.50 bits per heavy atom. The Labute approximate surface area is 51.2 Å². The number of alkyl halides is 2. The summed E-state index contributed by atoms with van der Waals surface area (Å²) in [6, 6.07) is 0. The SMILES string of the molecule is Cl[CH](Cl)[Tl]. The molecule has 0 saturated carbocycles. The van der Waals surface area contributed by atoms with Gasteiger partial charge in [0.25, 0.3) is 0 Å². The van der Waals surface area contributed by atoms with E-state index in [1.165, 1.54) is 0 Å². The van der Waals surface area contributed by atoms with Gasteiger partial charge in [-0.2, -0.15) is 0 Å². The van der Waals surface area contributed by atoms with Gasteiger partial charge in [0.1, 0.15) is 0 Å². The molecule has 0 heterocycles. The Hall–Kier alpha value is 1.50. The summed E-state index contributed by atoms with van der Waals surface area (Å²) in [5, 5.41) is 0. The molecule has 0 bridgehead atoms. The third-order valence-corrected chi connectivity index (χ3v) is 0. The summed E-state index contributed by atoms with van der Waals surface area (Å²) in [6.45, 7) is 0. The van der Waals surface area contributed by atoms with E-state index in [0.29, 0.717) is 25.8 Å². The van der Waals surface area contributed by atoms with E-state index in [9.17, 15) is 0 Å². The van der Waals surface area contributed by atoms with Crippen molar-refractivity contribution in [1.29, 1.82) is 0 Å². The van der Waals surface area contributed by atoms with E-state index in [1.807, 2.05) is 0 Å². The van der Waals surface area contributed by atoms with Crippen molar-refractivity contribution in [2.45, 2.75) is 2.40 Å². The molecule has 4 heavy (non-hydrogen) atoms. The molecule has 0 nitrogen and oxygen atoms in total. The van der Waals surface area contributed by atoms with Gasteiger partial charge in [-0.3, -0.25) is 0 Å². The summed E-state index contributed by atoms with van der Waals surface area (Å²) < 4.78 is -0.0556. The number of hydrogen-bond acceptors (Lipinski definition) is 0. The van der Waals surface area contributed by atoms with Crippen LogP contribution in [0.3, 0.4) is 0 Å². The minimum atomic E-state index is -0.0556. The van der Waals surface area contributed by atoms with Crippen LogP contribution in [0, 0.1) is 0 Å². The first-order valence-electron chi connectivity index (χ1n) is 0.770. The maximum absolute atomic E-state index is 5.11. The second-order valence-corrected chi connectivity index (χ2v) is 7.38. The average molecular weight is 288 g/mol. The van der Waals surface area contributed by atoms with E-state index in [4.69, 9.17) is 23.2 Å². The summed E-state index contributed by atoms with van der Waals surface area (Å²) in [7, 11) is 0. The molecule has 0 unspecified atom stereocenters. The molecule has 0 aromatic rings. The van der Waals surface area contributed by atoms with Gasteiger partial charge in [-0.25, -0.2) is 0 Å². The standard InChI is InChI=1S/CHCl2.Tl/c2-1-3;/h1H;. The first-order valence-corrected chi connectivity index (χ1v) is 4.23. The van der Waals surface area contributed by atoms with Crippen molar-refractivity contribution < 1.29 is 0 Å². The third-order valence-electron chi connectivity index (χ3n) is 0. The van der Waals surface area contributed by atoms with Crippen LogP contribution in [0.4, 0.5) is 0 Å². The van der Waals surface area contributed by atoms with Gasteiger partial charge in [-0.1, -0.05) is 0 Å². The fraction of sp³-hybridized carbons (Fsp3) is 1.00. The van der Waals surface area contributed by atoms with Crippen molar-refractivity contribution in [3.05, 3.63) is 0 Å². The zero-order valence-corrected chi connectivity index (χ0v) is 7.91.